The maximum Gasteiger partial charge on any atom is 0.310 e. The van der Waals surface area contributed by atoms with E-state index >= 15 is 0 Å². The van der Waals surface area contributed by atoms with Crippen molar-refractivity contribution in [3.05, 3.63) is 27.7 Å². The minimum Gasteiger partial charge on any atom is -0.481 e. The number of carboxylic acid groups (broad SMARTS) is 1. The first-order valence-corrected chi connectivity index (χ1v) is 6.27. The van der Waals surface area contributed by atoms with Gasteiger partial charge < -0.3 is 10.4 Å². The minimum absolute atomic E-state index is 0.408. The van der Waals surface area contributed by atoms with Gasteiger partial charge in [0.2, 0.25) is 0 Å². The van der Waals surface area contributed by atoms with Crippen LogP contribution in [0, 0.1) is 19.3 Å². The Kier molecular flexibility index (Phi) is 4.20. The van der Waals surface area contributed by atoms with Gasteiger partial charge in [-0.3, -0.25) is 4.79 Å². The van der Waals surface area contributed by atoms with Crippen molar-refractivity contribution in [1.82, 2.24) is 0 Å². The fourth-order valence-electron chi connectivity index (χ4n) is 1.57. The number of anilines is 1. The number of nitrogens with one attached hydrogen (secondary N) is 1. The highest BCUT2D eigenvalue weighted by Crippen LogP contribution is 2.26. The van der Waals surface area contributed by atoms with E-state index in [4.69, 9.17) is 5.11 Å². The minimum atomic E-state index is -0.794. The van der Waals surface area contributed by atoms with E-state index in [1.165, 1.54) is 0 Å². The quantitative estimate of drug-likeness (QED) is 0.893. The number of aryl methyl sites for hydroxylation is 2. The lowest BCUT2D eigenvalue weighted by Crippen LogP contribution is -2.32. The lowest BCUT2D eigenvalue weighted by Gasteiger charge is -2.22. The summed E-state index contributed by atoms with van der Waals surface area (Å²) in [6.45, 7) is 7.85. The summed E-state index contributed by atoms with van der Waals surface area (Å²) in [4.78, 5) is 11.0. The molecule has 1 rings (SSSR count). The van der Waals surface area contributed by atoms with Crippen LogP contribution in [0.4, 0.5) is 5.69 Å². The van der Waals surface area contributed by atoms with Crippen molar-refractivity contribution >= 4 is 27.6 Å². The Labute approximate surface area is 110 Å². The summed E-state index contributed by atoms with van der Waals surface area (Å²) in [7, 11) is 0. The van der Waals surface area contributed by atoms with Gasteiger partial charge in [0.05, 0.1) is 5.41 Å². The molecule has 1 aromatic carbocycles. The summed E-state index contributed by atoms with van der Waals surface area (Å²) in [6, 6.07) is 4.03. The zero-order valence-corrected chi connectivity index (χ0v) is 12.2. The second-order valence-electron chi connectivity index (χ2n) is 4.96. The van der Waals surface area contributed by atoms with Crippen molar-refractivity contribution in [2.45, 2.75) is 27.7 Å². The molecule has 4 heteroatoms. The van der Waals surface area contributed by atoms with Gasteiger partial charge in [-0.05, 0) is 51.0 Å². The van der Waals surface area contributed by atoms with Crippen LogP contribution in [-0.4, -0.2) is 17.6 Å². The maximum absolute atomic E-state index is 11.0. The van der Waals surface area contributed by atoms with E-state index in [1.807, 2.05) is 26.0 Å². The zero-order chi connectivity index (χ0) is 13.2. The number of carbonyl (C=O) groups is 1. The lowest BCUT2D eigenvalue weighted by molar-refractivity contribution is -0.146. The second kappa shape index (κ2) is 5.08. The Morgan fingerprint density at radius 2 is 1.82 bits per heavy atom. The van der Waals surface area contributed by atoms with E-state index in [0.717, 1.165) is 21.3 Å². The summed E-state index contributed by atoms with van der Waals surface area (Å²) in [5.41, 5.74) is 2.46. The van der Waals surface area contributed by atoms with Gasteiger partial charge >= 0.3 is 5.97 Å². The van der Waals surface area contributed by atoms with Crippen molar-refractivity contribution in [2.24, 2.45) is 5.41 Å². The monoisotopic (exact) mass is 299 g/mol. The van der Waals surface area contributed by atoms with Crippen LogP contribution in [-0.2, 0) is 4.79 Å². The van der Waals surface area contributed by atoms with Crippen LogP contribution in [0.1, 0.15) is 25.0 Å². The van der Waals surface area contributed by atoms with Crippen LogP contribution < -0.4 is 5.32 Å². The largest absolute Gasteiger partial charge is 0.481 e. The van der Waals surface area contributed by atoms with Gasteiger partial charge in [0.25, 0.3) is 0 Å². The van der Waals surface area contributed by atoms with Crippen LogP contribution in [0.2, 0.25) is 0 Å². The molecule has 94 valence electrons. The number of rotatable bonds is 4. The maximum atomic E-state index is 11.0. The number of carboxylic acids is 1. The first kappa shape index (κ1) is 14.0. The molecule has 0 amide bonds. The average molecular weight is 300 g/mol. The van der Waals surface area contributed by atoms with E-state index in [9.17, 15) is 4.79 Å². The SMILES string of the molecule is Cc1cc(Br)cc(C)c1NCC(C)(C)C(=O)O. The molecule has 3 nitrogen and oxygen atoms in total. The van der Waals surface area contributed by atoms with Crippen LogP contribution in [0.3, 0.4) is 0 Å². The number of halogens is 1. The molecule has 1 aromatic rings. The van der Waals surface area contributed by atoms with Crippen molar-refractivity contribution in [1.29, 1.82) is 0 Å². The third-order valence-corrected chi connectivity index (χ3v) is 3.24. The van der Waals surface area contributed by atoms with Gasteiger partial charge in [-0.15, -0.1) is 0 Å². The third-order valence-electron chi connectivity index (χ3n) is 2.78. The smallest absolute Gasteiger partial charge is 0.310 e. The fraction of sp³-hybridized carbons (Fsp3) is 0.462. The summed E-state index contributed by atoms with van der Waals surface area (Å²) < 4.78 is 1.04. The molecule has 0 aliphatic carbocycles. The lowest BCUT2D eigenvalue weighted by atomic mass is 9.93. The third kappa shape index (κ3) is 3.46. The van der Waals surface area contributed by atoms with Crippen molar-refractivity contribution < 1.29 is 9.90 Å². The molecule has 0 saturated heterocycles. The number of aliphatic carboxylic acids is 1. The van der Waals surface area contributed by atoms with Crippen molar-refractivity contribution in [2.75, 3.05) is 11.9 Å². The van der Waals surface area contributed by atoms with Gasteiger partial charge in [-0.25, -0.2) is 0 Å². The van der Waals surface area contributed by atoms with Crippen LogP contribution in [0.25, 0.3) is 0 Å². The first-order valence-electron chi connectivity index (χ1n) is 5.48. The standard InChI is InChI=1S/C13H18BrNO2/c1-8-5-10(14)6-9(2)11(8)15-7-13(3,4)12(16)17/h5-6,15H,7H2,1-4H3,(H,16,17). The molecule has 2 N–H and O–H groups in total. The molecule has 0 spiro atoms. The Balaban J connectivity index is 2.87. The van der Waals surface area contributed by atoms with E-state index < -0.39 is 11.4 Å². The topological polar surface area (TPSA) is 49.3 Å². The molecule has 0 aliphatic heterocycles. The van der Waals surface area contributed by atoms with Gasteiger partial charge in [-0.1, -0.05) is 15.9 Å². The van der Waals surface area contributed by atoms with E-state index in [0.29, 0.717) is 6.54 Å². The highest BCUT2D eigenvalue weighted by Gasteiger charge is 2.27. The highest BCUT2D eigenvalue weighted by molar-refractivity contribution is 9.10. The Bertz CT molecular complexity index is 418. The first-order chi connectivity index (χ1) is 7.74. The van der Waals surface area contributed by atoms with Gasteiger partial charge in [0.1, 0.15) is 0 Å². The molecular formula is C13H18BrNO2. The predicted octanol–water partition coefficient (Wildman–Crippen LogP) is 3.59. The summed E-state index contributed by atoms with van der Waals surface area (Å²) in [5, 5.41) is 12.3. The average Bonchev–Trinajstić information content (AvgIpc) is 2.15. The number of benzene rings is 1. The molecule has 0 aliphatic rings. The molecular weight excluding hydrogens is 282 g/mol. The normalized spacial score (nSPS) is 11.4. The Morgan fingerprint density at radius 3 is 2.24 bits per heavy atom. The molecule has 0 bridgehead atoms. The molecule has 0 saturated carbocycles. The van der Waals surface area contributed by atoms with Gasteiger partial charge in [0, 0.05) is 16.7 Å². The molecule has 0 aromatic heterocycles. The van der Waals surface area contributed by atoms with E-state index in [1.54, 1.807) is 13.8 Å². The van der Waals surface area contributed by atoms with E-state index in [2.05, 4.69) is 21.2 Å². The van der Waals surface area contributed by atoms with E-state index in [-0.39, 0.29) is 0 Å². The van der Waals surface area contributed by atoms with Crippen molar-refractivity contribution in [3.63, 3.8) is 0 Å². The van der Waals surface area contributed by atoms with Crippen LogP contribution in [0.15, 0.2) is 16.6 Å². The molecule has 0 fully saturated rings. The Hall–Kier alpha value is -1.03. The fourth-order valence-corrected chi connectivity index (χ4v) is 2.26. The van der Waals surface area contributed by atoms with Crippen LogP contribution >= 0.6 is 15.9 Å². The second-order valence-corrected chi connectivity index (χ2v) is 5.87. The molecule has 17 heavy (non-hydrogen) atoms. The zero-order valence-electron chi connectivity index (χ0n) is 10.6. The highest BCUT2D eigenvalue weighted by atomic mass is 79.9. The number of hydrogen-bond acceptors (Lipinski definition) is 2. The molecule has 0 atom stereocenters. The van der Waals surface area contributed by atoms with Crippen LogP contribution in [0.5, 0.6) is 0 Å². The predicted molar refractivity (Wildman–Crippen MR) is 73.5 cm³/mol. The Morgan fingerprint density at radius 1 is 1.35 bits per heavy atom. The summed E-state index contributed by atoms with van der Waals surface area (Å²) >= 11 is 3.44. The van der Waals surface area contributed by atoms with Gasteiger partial charge in [-0.2, -0.15) is 0 Å². The molecule has 0 heterocycles. The summed E-state index contributed by atoms with van der Waals surface area (Å²) in [6.07, 6.45) is 0. The number of hydrogen-bond donors (Lipinski definition) is 2. The van der Waals surface area contributed by atoms with Crippen molar-refractivity contribution in [3.8, 4) is 0 Å². The van der Waals surface area contributed by atoms with Gasteiger partial charge in [0.15, 0.2) is 0 Å². The molecule has 0 unspecified atom stereocenters. The molecule has 0 radical (unpaired) electrons. The summed E-state index contributed by atoms with van der Waals surface area (Å²) in [5.74, 6) is -0.794.